The van der Waals surface area contributed by atoms with E-state index in [-0.39, 0.29) is 23.5 Å². The summed E-state index contributed by atoms with van der Waals surface area (Å²) in [5.41, 5.74) is 0.224. The van der Waals surface area contributed by atoms with Gasteiger partial charge in [-0.15, -0.1) is 0 Å². The Labute approximate surface area is 103 Å². The standard InChI is InChI=1S/C10H11BN2O5/c1-2-18-10(17)4-3-12-9-7(16)5(14)6(15)8(11)13(4)9/h3,14-16H,2,11H2,1H3. The van der Waals surface area contributed by atoms with Crippen molar-refractivity contribution in [1.29, 1.82) is 0 Å². The van der Waals surface area contributed by atoms with Gasteiger partial charge in [0.25, 0.3) is 0 Å². The van der Waals surface area contributed by atoms with Crippen LogP contribution in [0.2, 0.25) is 0 Å². The molecule has 0 saturated carbocycles. The quantitative estimate of drug-likeness (QED) is 0.461. The third kappa shape index (κ3) is 1.53. The second kappa shape index (κ2) is 4.13. The lowest BCUT2D eigenvalue weighted by atomic mass is 10.0. The van der Waals surface area contributed by atoms with Crippen LogP contribution in [0.25, 0.3) is 5.65 Å². The Morgan fingerprint density at radius 1 is 1.39 bits per heavy atom. The number of ether oxygens (including phenoxy) is 1. The van der Waals surface area contributed by atoms with Gasteiger partial charge in [-0.3, -0.25) is 4.40 Å². The topological polar surface area (TPSA) is 104 Å². The van der Waals surface area contributed by atoms with Crippen LogP contribution in [0.15, 0.2) is 6.20 Å². The molecule has 7 nitrogen and oxygen atoms in total. The summed E-state index contributed by atoms with van der Waals surface area (Å²) in [5, 5.41) is 28.7. The van der Waals surface area contributed by atoms with Gasteiger partial charge in [-0.1, -0.05) is 0 Å². The number of fused-ring (bicyclic) bond motifs is 1. The molecule has 0 bridgehead atoms. The highest BCUT2D eigenvalue weighted by atomic mass is 16.5. The van der Waals surface area contributed by atoms with Crippen LogP contribution in [0, 0.1) is 0 Å². The van der Waals surface area contributed by atoms with Crippen molar-refractivity contribution in [2.45, 2.75) is 6.92 Å². The molecule has 0 amide bonds. The van der Waals surface area contributed by atoms with E-state index in [0.29, 0.717) is 0 Å². The smallest absolute Gasteiger partial charge is 0.356 e. The minimum atomic E-state index is -0.666. The van der Waals surface area contributed by atoms with E-state index in [1.165, 1.54) is 18.4 Å². The molecule has 94 valence electrons. The first-order valence-corrected chi connectivity index (χ1v) is 5.27. The predicted molar refractivity (Wildman–Crippen MR) is 64.3 cm³/mol. The van der Waals surface area contributed by atoms with Crippen LogP contribution in [0.5, 0.6) is 17.2 Å². The average Bonchev–Trinajstić information content (AvgIpc) is 2.79. The number of esters is 1. The van der Waals surface area contributed by atoms with Crippen molar-refractivity contribution in [3.8, 4) is 17.2 Å². The Bertz CT molecular complexity index is 637. The fourth-order valence-electron chi connectivity index (χ4n) is 1.70. The lowest BCUT2D eigenvalue weighted by Gasteiger charge is -2.10. The molecule has 0 atom stereocenters. The molecular formula is C10H11BN2O5. The van der Waals surface area contributed by atoms with E-state index in [1.54, 1.807) is 6.92 Å². The van der Waals surface area contributed by atoms with E-state index in [0.717, 1.165) is 0 Å². The van der Waals surface area contributed by atoms with E-state index in [2.05, 4.69) is 4.98 Å². The summed E-state index contributed by atoms with van der Waals surface area (Å²) in [4.78, 5) is 15.5. The van der Waals surface area contributed by atoms with Crippen molar-refractivity contribution in [2.75, 3.05) is 6.61 Å². The van der Waals surface area contributed by atoms with Crippen molar-refractivity contribution in [3.63, 3.8) is 0 Å². The molecule has 0 aromatic carbocycles. The van der Waals surface area contributed by atoms with Gasteiger partial charge in [0.15, 0.2) is 24.9 Å². The van der Waals surface area contributed by atoms with Gasteiger partial charge >= 0.3 is 5.97 Å². The number of aromatic nitrogens is 2. The summed E-state index contributed by atoms with van der Waals surface area (Å²) in [6.07, 6.45) is 1.21. The summed E-state index contributed by atoms with van der Waals surface area (Å²) in [5.74, 6) is -2.39. The maximum atomic E-state index is 11.7. The molecule has 2 aromatic heterocycles. The molecule has 0 fully saturated rings. The van der Waals surface area contributed by atoms with Crippen molar-refractivity contribution in [2.24, 2.45) is 0 Å². The fourth-order valence-corrected chi connectivity index (χ4v) is 1.70. The number of rotatable bonds is 2. The van der Waals surface area contributed by atoms with E-state index in [1.807, 2.05) is 0 Å². The molecule has 2 aromatic rings. The molecule has 0 aliphatic rings. The number of imidazole rings is 1. The van der Waals surface area contributed by atoms with Gasteiger partial charge in [0.2, 0.25) is 11.5 Å². The van der Waals surface area contributed by atoms with Crippen molar-refractivity contribution < 1.29 is 24.9 Å². The number of hydrogen-bond donors (Lipinski definition) is 3. The molecule has 8 heteroatoms. The summed E-state index contributed by atoms with van der Waals surface area (Å²) in [6, 6.07) is 0. The second-order valence-corrected chi connectivity index (χ2v) is 3.65. The first-order valence-electron chi connectivity index (χ1n) is 5.27. The summed E-state index contributed by atoms with van der Waals surface area (Å²) in [6.45, 7) is 1.86. The Morgan fingerprint density at radius 2 is 2.06 bits per heavy atom. The molecule has 3 N–H and O–H groups in total. The Morgan fingerprint density at radius 3 is 2.67 bits per heavy atom. The Hall–Kier alpha value is -2.38. The lowest BCUT2D eigenvalue weighted by Crippen LogP contribution is -2.20. The summed E-state index contributed by atoms with van der Waals surface area (Å²) in [7, 11) is 1.48. The summed E-state index contributed by atoms with van der Waals surface area (Å²) >= 11 is 0. The van der Waals surface area contributed by atoms with Crippen molar-refractivity contribution in [3.05, 3.63) is 11.9 Å². The van der Waals surface area contributed by atoms with Crippen LogP contribution in [-0.2, 0) is 4.74 Å². The van der Waals surface area contributed by atoms with Gasteiger partial charge in [-0.25, -0.2) is 9.78 Å². The zero-order valence-electron chi connectivity index (χ0n) is 9.84. The van der Waals surface area contributed by atoms with Gasteiger partial charge in [-0.2, -0.15) is 0 Å². The molecule has 0 saturated heterocycles. The zero-order chi connectivity index (χ0) is 13.4. The highest BCUT2D eigenvalue weighted by molar-refractivity contribution is 6.33. The second-order valence-electron chi connectivity index (χ2n) is 3.65. The molecule has 0 radical (unpaired) electrons. The van der Waals surface area contributed by atoms with Gasteiger partial charge in [0, 0.05) is 5.59 Å². The van der Waals surface area contributed by atoms with E-state index in [9.17, 15) is 20.1 Å². The number of carbonyl (C=O) groups excluding carboxylic acids is 1. The molecule has 18 heavy (non-hydrogen) atoms. The van der Waals surface area contributed by atoms with E-state index >= 15 is 0 Å². The summed E-state index contributed by atoms with van der Waals surface area (Å²) < 4.78 is 6.06. The molecule has 0 unspecified atom stereocenters. The van der Waals surface area contributed by atoms with Gasteiger partial charge in [0.05, 0.1) is 12.8 Å². The van der Waals surface area contributed by atoms with Gasteiger partial charge < -0.3 is 20.1 Å². The van der Waals surface area contributed by atoms with Gasteiger partial charge in [-0.05, 0) is 6.92 Å². The van der Waals surface area contributed by atoms with Crippen LogP contribution in [0.4, 0.5) is 0 Å². The molecular weight excluding hydrogens is 239 g/mol. The number of aromatic hydroxyl groups is 3. The maximum absolute atomic E-state index is 11.7. The third-order valence-corrected chi connectivity index (χ3v) is 2.58. The van der Waals surface area contributed by atoms with Crippen LogP contribution in [-0.4, -0.2) is 45.1 Å². The van der Waals surface area contributed by atoms with E-state index < -0.39 is 23.2 Å². The predicted octanol–water partition coefficient (Wildman–Crippen LogP) is -1.11. The largest absolute Gasteiger partial charge is 0.504 e. The molecule has 0 aliphatic heterocycles. The minimum Gasteiger partial charge on any atom is -0.504 e. The Balaban J connectivity index is 2.77. The number of hydrogen-bond acceptors (Lipinski definition) is 6. The maximum Gasteiger partial charge on any atom is 0.356 e. The average molecular weight is 250 g/mol. The molecule has 0 spiro atoms. The highest BCUT2D eigenvalue weighted by Gasteiger charge is 2.22. The third-order valence-electron chi connectivity index (χ3n) is 2.58. The molecule has 0 aliphatic carbocycles. The first-order chi connectivity index (χ1) is 8.49. The van der Waals surface area contributed by atoms with E-state index in [4.69, 9.17) is 4.74 Å². The lowest BCUT2D eigenvalue weighted by molar-refractivity contribution is 0.0518. The normalized spacial score (nSPS) is 10.7. The highest BCUT2D eigenvalue weighted by Crippen LogP contribution is 2.35. The van der Waals surface area contributed by atoms with Crippen molar-refractivity contribution in [1.82, 2.24) is 9.38 Å². The zero-order valence-corrected chi connectivity index (χ0v) is 9.84. The van der Waals surface area contributed by atoms with Crippen LogP contribution >= 0.6 is 0 Å². The Kier molecular flexibility index (Phi) is 2.78. The molecule has 2 rings (SSSR count). The number of carbonyl (C=O) groups is 1. The van der Waals surface area contributed by atoms with Crippen LogP contribution in [0.1, 0.15) is 17.4 Å². The van der Waals surface area contributed by atoms with Gasteiger partial charge in [0.1, 0.15) is 0 Å². The van der Waals surface area contributed by atoms with Crippen molar-refractivity contribution >= 4 is 25.1 Å². The fraction of sp³-hybridized carbons (Fsp3) is 0.200. The SMILES string of the molecule is Bc1c(O)c(O)c(O)c2ncc(C(=O)OCC)n12. The molecule has 2 heterocycles. The number of pyridine rings is 1. The monoisotopic (exact) mass is 250 g/mol. The first kappa shape index (κ1) is 12.1. The minimum absolute atomic E-state index is 0.0224. The van der Waals surface area contributed by atoms with Crippen LogP contribution in [0.3, 0.4) is 0 Å². The van der Waals surface area contributed by atoms with Crippen LogP contribution < -0.4 is 5.59 Å². The number of nitrogens with zero attached hydrogens (tertiary/aromatic N) is 2.